The van der Waals surface area contributed by atoms with Gasteiger partial charge in [-0.25, -0.2) is 0 Å². The standard InChI is InChI=1S/C10H18O3/c1-9(2,12)7-4-5-10(3,13)8(11)6-7/h6,8,11-13H,4-5H2,1-3H3/t8-,10-/m1/s1. The van der Waals surface area contributed by atoms with Gasteiger partial charge in [-0.15, -0.1) is 0 Å². The Bertz CT molecular complexity index is 223. The molecule has 0 heterocycles. The van der Waals surface area contributed by atoms with Crippen molar-refractivity contribution in [1.29, 1.82) is 0 Å². The van der Waals surface area contributed by atoms with Crippen LogP contribution in [-0.2, 0) is 0 Å². The van der Waals surface area contributed by atoms with Crippen molar-refractivity contribution >= 4 is 0 Å². The average molecular weight is 186 g/mol. The van der Waals surface area contributed by atoms with E-state index >= 15 is 0 Å². The lowest BCUT2D eigenvalue weighted by Gasteiger charge is -2.35. The molecule has 1 aliphatic carbocycles. The largest absolute Gasteiger partial charge is 0.387 e. The lowest BCUT2D eigenvalue weighted by Crippen LogP contribution is -2.42. The quantitative estimate of drug-likeness (QED) is 0.525. The molecule has 0 unspecified atom stereocenters. The van der Waals surface area contributed by atoms with E-state index in [1.807, 2.05) is 0 Å². The molecule has 1 aliphatic rings. The van der Waals surface area contributed by atoms with Crippen LogP contribution in [0.2, 0.25) is 0 Å². The maximum atomic E-state index is 9.67. The summed E-state index contributed by atoms with van der Waals surface area (Å²) in [6.45, 7) is 4.98. The van der Waals surface area contributed by atoms with Gasteiger partial charge >= 0.3 is 0 Å². The Balaban J connectivity index is 2.85. The minimum atomic E-state index is -1.05. The van der Waals surface area contributed by atoms with Crippen LogP contribution in [-0.4, -0.2) is 32.6 Å². The van der Waals surface area contributed by atoms with Crippen molar-refractivity contribution < 1.29 is 15.3 Å². The van der Waals surface area contributed by atoms with Gasteiger partial charge in [0.2, 0.25) is 0 Å². The van der Waals surface area contributed by atoms with E-state index in [1.165, 1.54) is 0 Å². The first-order valence-corrected chi connectivity index (χ1v) is 4.57. The lowest BCUT2D eigenvalue weighted by molar-refractivity contribution is -0.0528. The Morgan fingerprint density at radius 1 is 1.54 bits per heavy atom. The summed E-state index contributed by atoms with van der Waals surface area (Å²) in [6, 6.07) is 0. The minimum absolute atomic E-state index is 0.490. The van der Waals surface area contributed by atoms with Gasteiger partial charge in [-0.2, -0.15) is 0 Å². The fraction of sp³-hybridized carbons (Fsp3) is 0.800. The smallest absolute Gasteiger partial charge is 0.101 e. The first-order chi connectivity index (χ1) is 5.73. The molecule has 0 aromatic rings. The first kappa shape index (κ1) is 10.7. The van der Waals surface area contributed by atoms with E-state index in [1.54, 1.807) is 26.8 Å². The molecule has 0 bridgehead atoms. The van der Waals surface area contributed by atoms with Crippen molar-refractivity contribution in [1.82, 2.24) is 0 Å². The molecule has 0 spiro atoms. The summed E-state index contributed by atoms with van der Waals surface area (Å²) in [5.74, 6) is 0. The fourth-order valence-electron chi connectivity index (χ4n) is 1.50. The van der Waals surface area contributed by atoms with Crippen LogP contribution >= 0.6 is 0 Å². The van der Waals surface area contributed by atoms with Crippen LogP contribution in [0.4, 0.5) is 0 Å². The van der Waals surface area contributed by atoms with Crippen molar-refractivity contribution in [2.45, 2.75) is 50.9 Å². The normalized spacial score (nSPS) is 35.8. The van der Waals surface area contributed by atoms with E-state index in [0.29, 0.717) is 12.8 Å². The second-order valence-corrected chi connectivity index (χ2v) is 4.55. The summed E-state index contributed by atoms with van der Waals surface area (Å²) in [4.78, 5) is 0. The van der Waals surface area contributed by atoms with E-state index < -0.39 is 17.3 Å². The number of rotatable bonds is 1. The predicted octanol–water partition coefficient (Wildman–Crippen LogP) is 0.589. The SMILES string of the molecule is CC(C)(O)C1=C[C@@H](O)[C@](C)(O)CC1. The maximum absolute atomic E-state index is 9.67. The highest BCUT2D eigenvalue weighted by atomic mass is 16.3. The molecule has 0 aliphatic heterocycles. The summed E-state index contributed by atoms with van der Waals surface area (Å²) >= 11 is 0. The molecule has 13 heavy (non-hydrogen) atoms. The van der Waals surface area contributed by atoms with Crippen molar-refractivity contribution in [2.24, 2.45) is 0 Å². The van der Waals surface area contributed by atoms with Crippen LogP contribution in [0.3, 0.4) is 0 Å². The number of hydrogen-bond acceptors (Lipinski definition) is 3. The summed E-state index contributed by atoms with van der Waals surface area (Å²) in [5.41, 5.74) is -1.14. The monoisotopic (exact) mass is 186 g/mol. The number of hydrogen-bond donors (Lipinski definition) is 3. The third-order valence-corrected chi connectivity index (χ3v) is 2.68. The highest BCUT2D eigenvalue weighted by Crippen LogP contribution is 2.32. The molecule has 2 atom stereocenters. The Morgan fingerprint density at radius 2 is 2.08 bits per heavy atom. The summed E-state index contributed by atoms with van der Waals surface area (Å²) in [7, 11) is 0. The van der Waals surface area contributed by atoms with Gasteiger partial charge in [0.25, 0.3) is 0 Å². The molecule has 76 valence electrons. The van der Waals surface area contributed by atoms with Crippen molar-refractivity contribution in [2.75, 3.05) is 0 Å². The van der Waals surface area contributed by atoms with Gasteiger partial charge in [0.05, 0.1) is 11.2 Å². The Kier molecular flexibility index (Phi) is 2.54. The predicted molar refractivity (Wildman–Crippen MR) is 50.2 cm³/mol. The molecule has 0 aromatic heterocycles. The minimum Gasteiger partial charge on any atom is -0.387 e. The first-order valence-electron chi connectivity index (χ1n) is 4.57. The molecule has 3 heteroatoms. The average Bonchev–Trinajstić information content (AvgIpc) is 1.92. The summed E-state index contributed by atoms with van der Waals surface area (Å²) in [6.07, 6.45) is 1.81. The van der Waals surface area contributed by atoms with Gasteiger partial charge in [-0.3, -0.25) is 0 Å². The van der Waals surface area contributed by atoms with Crippen LogP contribution in [0.15, 0.2) is 11.6 Å². The van der Waals surface area contributed by atoms with E-state index in [2.05, 4.69) is 0 Å². The molecule has 0 amide bonds. The molecule has 0 saturated carbocycles. The molecule has 3 N–H and O–H groups in total. The van der Waals surface area contributed by atoms with Crippen LogP contribution < -0.4 is 0 Å². The van der Waals surface area contributed by atoms with Gasteiger partial charge in [0.15, 0.2) is 0 Å². The zero-order valence-electron chi connectivity index (χ0n) is 8.41. The van der Waals surface area contributed by atoms with Crippen molar-refractivity contribution in [3.63, 3.8) is 0 Å². The van der Waals surface area contributed by atoms with Crippen LogP contribution in [0.25, 0.3) is 0 Å². The molecular formula is C10H18O3. The highest BCUT2D eigenvalue weighted by Gasteiger charge is 2.35. The third kappa shape index (κ3) is 2.30. The Morgan fingerprint density at radius 3 is 2.46 bits per heavy atom. The third-order valence-electron chi connectivity index (χ3n) is 2.68. The number of aliphatic hydroxyl groups is 3. The molecular weight excluding hydrogens is 168 g/mol. The van der Waals surface area contributed by atoms with Gasteiger partial charge in [-0.05, 0) is 39.2 Å². The molecule has 0 fully saturated rings. The van der Waals surface area contributed by atoms with E-state index in [-0.39, 0.29) is 0 Å². The van der Waals surface area contributed by atoms with Gasteiger partial charge in [0, 0.05) is 0 Å². The molecule has 0 saturated heterocycles. The Labute approximate surface area is 78.7 Å². The molecule has 3 nitrogen and oxygen atoms in total. The van der Waals surface area contributed by atoms with Gasteiger partial charge in [0.1, 0.15) is 6.10 Å². The summed E-state index contributed by atoms with van der Waals surface area (Å²) in [5, 5.41) is 28.9. The van der Waals surface area contributed by atoms with Gasteiger partial charge in [-0.1, -0.05) is 6.08 Å². The van der Waals surface area contributed by atoms with E-state index in [9.17, 15) is 15.3 Å². The summed E-state index contributed by atoms with van der Waals surface area (Å²) < 4.78 is 0. The van der Waals surface area contributed by atoms with Crippen LogP contribution in [0.5, 0.6) is 0 Å². The molecule has 1 rings (SSSR count). The van der Waals surface area contributed by atoms with Crippen LogP contribution in [0.1, 0.15) is 33.6 Å². The second kappa shape index (κ2) is 3.08. The van der Waals surface area contributed by atoms with Gasteiger partial charge < -0.3 is 15.3 Å². The zero-order valence-corrected chi connectivity index (χ0v) is 8.41. The van der Waals surface area contributed by atoms with E-state index in [0.717, 1.165) is 5.57 Å². The maximum Gasteiger partial charge on any atom is 0.101 e. The highest BCUT2D eigenvalue weighted by molar-refractivity contribution is 5.21. The van der Waals surface area contributed by atoms with Crippen LogP contribution in [0, 0.1) is 0 Å². The van der Waals surface area contributed by atoms with Crippen molar-refractivity contribution in [3.05, 3.63) is 11.6 Å². The second-order valence-electron chi connectivity index (χ2n) is 4.55. The molecule has 0 aromatic carbocycles. The van der Waals surface area contributed by atoms with Crippen molar-refractivity contribution in [3.8, 4) is 0 Å². The molecule has 0 radical (unpaired) electrons. The zero-order chi connectivity index (χ0) is 10.3. The fourth-order valence-corrected chi connectivity index (χ4v) is 1.50. The Hall–Kier alpha value is -0.380. The number of aliphatic hydroxyl groups excluding tert-OH is 1. The van der Waals surface area contributed by atoms with E-state index in [4.69, 9.17) is 0 Å². The topological polar surface area (TPSA) is 60.7 Å². The lowest BCUT2D eigenvalue weighted by atomic mass is 9.80.